The van der Waals surface area contributed by atoms with E-state index in [9.17, 15) is 4.79 Å². The molecular weight excluding hydrogens is 214 g/mol. The Labute approximate surface area is 93.4 Å². The fourth-order valence-electron chi connectivity index (χ4n) is 1.57. The van der Waals surface area contributed by atoms with Gasteiger partial charge in [-0.25, -0.2) is 0 Å². The van der Waals surface area contributed by atoms with Crippen LogP contribution in [0.2, 0.25) is 5.02 Å². The lowest BCUT2D eigenvalue weighted by Crippen LogP contribution is -2.34. The van der Waals surface area contributed by atoms with E-state index in [0.29, 0.717) is 17.3 Å². The zero-order valence-electron chi connectivity index (χ0n) is 8.66. The molecule has 2 rings (SSSR count). The van der Waals surface area contributed by atoms with Crippen molar-refractivity contribution in [1.82, 2.24) is 9.78 Å². The number of carbonyl (C=O) groups excluding carboxylic acids is 1. The maximum absolute atomic E-state index is 12.0. The Balaban J connectivity index is 2.33. The SMILES string of the molecule is CCCn1ncc(Cl)c1C(=O)C1(N)CC1. The number of aromatic nitrogens is 2. The molecule has 0 radical (unpaired) electrons. The summed E-state index contributed by atoms with van der Waals surface area (Å²) in [5, 5.41) is 4.48. The van der Waals surface area contributed by atoms with Crippen LogP contribution in [0.4, 0.5) is 0 Å². The molecule has 0 saturated heterocycles. The summed E-state index contributed by atoms with van der Waals surface area (Å²) in [6.45, 7) is 2.73. The quantitative estimate of drug-likeness (QED) is 0.796. The van der Waals surface area contributed by atoms with Crippen LogP contribution in [0.25, 0.3) is 0 Å². The lowest BCUT2D eigenvalue weighted by Gasteiger charge is -2.10. The highest BCUT2D eigenvalue weighted by Crippen LogP contribution is 2.37. The molecule has 0 atom stereocenters. The third-order valence-electron chi connectivity index (χ3n) is 2.69. The van der Waals surface area contributed by atoms with Gasteiger partial charge in [0.1, 0.15) is 5.69 Å². The summed E-state index contributed by atoms with van der Waals surface area (Å²) in [5.74, 6) is -0.0709. The van der Waals surface area contributed by atoms with Crippen LogP contribution in [0.3, 0.4) is 0 Å². The Bertz CT molecular complexity index is 395. The van der Waals surface area contributed by atoms with Crippen molar-refractivity contribution in [3.05, 3.63) is 16.9 Å². The van der Waals surface area contributed by atoms with Gasteiger partial charge in [-0.2, -0.15) is 5.10 Å². The predicted molar refractivity (Wildman–Crippen MR) is 58.0 cm³/mol. The number of ketones is 1. The second-order valence-corrected chi connectivity index (χ2v) is 4.46. The van der Waals surface area contributed by atoms with E-state index in [0.717, 1.165) is 19.3 Å². The van der Waals surface area contributed by atoms with Crippen molar-refractivity contribution >= 4 is 17.4 Å². The summed E-state index contributed by atoms with van der Waals surface area (Å²) >= 11 is 5.95. The highest BCUT2D eigenvalue weighted by Gasteiger charge is 2.47. The Morgan fingerprint density at radius 3 is 2.93 bits per heavy atom. The molecule has 5 heteroatoms. The van der Waals surface area contributed by atoms with Crippen molar-refractivity contribution in [2.45, 2.75) is 38.3 Å². The molecule has 1 heterocycles. The molecule has 1 aromatic heterocycles. The van der Waals surface area contributed by atoms with Crippen molar-refractivity contribution in [2.75, 3.05) is 0 Å². The van der Waals surface area contributed by atoms with Crippen LogP contribution in [0.15, 0.2) is 6.20 Å². The van der Waals surface area contributed by atoms with Crippen molar-refractivity contribution < 1.29 is 4.79 Å². The zero-order chi connectivity index (χ0) is 11.1. The van der Waals surface area contributed by atoms with Gasteiger partial charge in [-0.1, -0.05) is 18.5 Å². The van der Waals surface area contributed by atoms with E-state index in [1.54, 1.807) is 4.68 Å². The molecule has 1 aromatic rings. The molecule has 1 saturated carbocycles. The second kappa shape index (κ2) is 3.61. The summed E-state index contributed by atoms with van der Waals surface area (Å²) in [5.41, 5.74) is 5.67. The van der Waals surface area contributed by atoms with Gasteiger partial charge in [0.15, 0.2) is 0 Å². The summed E-state index contributed by atoms with van der Waals surface area (Å²) in [7, 11) is 0. The van der Waals surface area contributed by atoms with Crippen LogP contribution >= 0.6 is 11.6 Å². The molecule has 1 aliphatic carbocycles. The minimum Gasteiger partial charge on any atom is -0.319 e. The zero-order valence-corrected chi connectivity index (χ0v) is 9.42. The smallest absolute Gasteiger partial charge is 0.202 e. The van der Waals surface area contributed by atoms with E-state index in [4.69, 9.17) is 17.3 Å². The molecule has 4 nitrogen and oxygen atoms in total. The topological polar surface area (TPSA) is 60.9 Å². The van der Waals surface area contributed by atoms with Crippen LogP contribution in [-0.4, -0.2) is 21.1 Å². The summed E-state index contributed by atoms with van der Waals surface area (Å²) < 4.78 is 1.65. The van der Waals surface area contributed by atoms with Crippen molar-refractivity contribution in [3.63, 3.8) is 0 Å². The molecule has 0 amide bonds. The fourth-order valence-corrected chi connectivity index (χ4v) is 1.79. The molecule has 1 aliphatic rings. The number of hydrogen-bond donors (Lipinski definition) is 1. The lowest BCUT2D eigenvalue weighted by molar-refractivity contribution is 0.0938. The maximum Gasteiger partial charge on any atom is 0.202 e. The Morgan fingerprint density at radius 1 is 1.73 bits per heavy atom. The van der Waals surface area contributed by atoms with Gasteiger partial charge in [0.05, 0.1) is 16.8 Å². The van der Waals surface area contributed by atoms with E-state index in [1.165, 1.54) is 6.20 Å². The Kier molecular flexibility index (Phi) is 2.56. The van der Waals surface area contributed by atoms with Crippen LogP contribution < -0.4 is 5.73 Å². The second-order valence-electron chi connectivity index (χ2n) is 4.05. The molecule has 2 N–H and O–H groups in total. The first-order valence-electron chi connectivity index (χ1n) is 5.13. The van der Waals surface area contributed by atoms with Crippen LogP contribution in [0, 0.1) is 0 Å². The third kappa shape index (κ3) is 1.79. The summed E-state index contributed by atoms with van der Waals surface area (Å²) in [4.78, 5) is 12.0. The van der Waals surface area contributed by atoms with E-state index in [1.807, 2.05) is 6.92 Å². The first-order valence-corrected chi connectivity index (χ1v) is 5.51. The molecule has 0 aliphatic heterocycles. The molecular formula is C10H14ClN3O. The monoisotopic (exact) mass is 227 g/mol. The number of Topliss-reactive ketones (excluding diaryl/α,β-unsaturated/α-hetero) is 1. The number of hydrogen-bond acceptors (Lipinski definition) is 3. The number of rotatable bonds is 4. The highest BCUT2D eigenvalue weighted by molar-refractivity contribution is 6.34. The van der Waals surface area contributed by atoms with E-state index < -0.39 is 5.54 Å². The standard InChI is InChI=1S/C10H14ClN3O/c1-2-5-14-8(7(11)6-13-14)9(15)10(12)3-4-10/h6H,2-5,12H2,1H3. The summed E-state index contributed by atoms with van der Waals surface area (Å²) in [6, 6.07) is 0. The number of nitrogens with zero attached hydrogens (tertiary/aromatic N) is 2. The van der Waals surface area contributed by atoms with E-state index >= 15 is 0 Å². The minimum absolute atomic E-state index is 0.0709. The average molecular weight is 228 g/mol. The average Bonchev–Trinajstić information content (AvgIpc) is 2.85. The Morgan fingerprint density at radius 2 is 2.40 bits per heavy atom. The molecule has 1 fully saturated rings. The van der Waals surface area contributed by atoms with Gasteiger partial charge in [0.25, 0.3) is 0 Å². The van der Waals surface area contributed by atoms with Crippen LogP contribution in [0.5, 0.6) is 0 Å². The van der Waals surface area contributed by atoms with Crippen LogP contribution in [-0.2, 0) is 6.54 Å². The van der Waals surface area contributed by atoms with Gasteiger partial charge in [-0.3, -0.25) is 9.48 Å². The molecule has 0 spiro atoms. The van der Waals surface area contributed by atoms with E-state index in [2.05, 4.69) is 5.10 Å². The van der Waals surface area contributed by atoms with Crippen molar-refractivity contribution in [3.8, 4) is 0 Å². The normalized spacial score (nSPS) is 17.8. The number of carbonyl (C=O) groups is 1. The van der Waals surface area contributed by atoms with Gasteiger partial charge < -0.3 is 5.73 Å². The van der Waals surface area contributed by atoms with Gasteiger partial charge in [-0.15, -0.1) is 0 Å². The molecule has 0 bridgehead atoms. The number of halogens is 1. The first kappa shape index (κ1) is 10.6. The summed E-state index contributed by atoms with van der Waals surface area (Å²) in [6.07, 6.45) is 3.92. The van der Waals surface area contributed by atoms with Crippen molar-refractivity contribution in [1.29, 1.82) is 0 Å². The molecule has 0 aromatic carbocycles. The van der Waals surface area contributed by atoms with E-state index in [-0.39, 0.29) is 5.78 Å². The van der Waals surface area contributed by atoms with Gasteiger partial charge >= 0.3 is 0 Å². The first-order chi connectivity index (χ1) is 7.08. The molecule has 82 valence electrons. The third-order valence-corrected chi connectivity index (χ3v) is 2.96. The minimum atomic E-state index is -0.671. The predicted octanol–water partition coefficient (Wildman–Crippen LogP) is 1.62. The van der Waals surface area contributed by atoms with Gasteiger partial charge in [0, 0.05) is 6.54 Å². The van der Waals surface area contributed by atoms with Crippen molar-refractivity contribution in [2.24, 2.45) is 5.73 Å². The number of nitrogens with two attached hydrogens (primary N) is 1. The lowest BCUT2D eigenvalue weighted by atomic mass is 10.1. The fraction of sp³-hybridized carbons (Fsp3) is 0.600. The van der Waals surface area contributed by atoms with Gasteiger partial charge in [0.2, 0.25) is 5.78 Å². The van der Waals surface area contributed by atoms with Crippen LogP contribution in [0.1, 0.15) is 36.7 Å². The highest BCUT2D eigenvalue weighted by atomic mass is 35.5. The Hall–Kier alpha value is -0.870. The maximum atomic E-state index is 12.0. The molecule has 15 heavy (non-hydrogen) atoms. The largest absolute Gasteiger partial charge is 0.319 e. The van der Waals surface area contributed by atoms with Gasteiger partial charge in [-0.05, 0) is 19.3 Å². The molecule has 0 unspecified atom stereocenters. The number of aryl methyl sites for hydroxylation is 1.